The van der Waals surface area contributed by atoms with Crippen molar-refractivity contribution in [3.05, 3.63) is 0 Å². The molecule has 17 heavy (non-hydrogen) atoms. The average Bonchev–Trinajstić information content (AvgIpc) is 2.15. The lowest BCUT2D eigenvalue weighted by atomic mass is 9.84. The lowest BCUT2D eigenvalue weighted by molar-refractivity contribution is -0.132. The highest BCUT2D eigenvalue weighted by molar-refractivity contribution is 5.76. The SMILES string of the molecule is CCN(CCCO)C(=O)CC(C)CC(C)(C)C. The van der Waals surface area contributed by atoms with Crippen molar-refractivity contribution < 1.29 is 9.90 Å². The van der Waals surface area contributed by atoms with Gasteiger partial charge >= 0.3 is 0 Å². The molecule has 0 saturated heterocycles. The molecular weight excluding hydrogens is 214 g/mol. The van der Waals surface area contributed by atoms with Crippen molar-refractivity contribution in [2.45, 2.75) is 53.9 Å². The molecule has 3 nitrogen and oxygen atoms in total. The van der Waals surface area contributed by atoms with Gasteiger partial charge in [0.15, 0.2) is 0 Å². The van der Waals surface area contributed by atoms with E-state index in [4.69, 9.17) is 5.11 Å². The Morgan fingerprint density at radius 1 is 1.35 bits per heavy atom. The number of hydrogen-bond acceptors (Lipinski definition) is 2. The summed E-state index contributed by atoms with van der Waals surface area (Å²) in [7, 11) is 0. The van der Waals surface area contributed by atoms with Gasteiger partial charge in [-0.3, -0.25) is 4.79 Å². The minimum Gasteiger partial charge on any atom is -0.396 e. The predicted octanol–water partition coefficient (Wildman–Crippen LogP) is 2.68. The van der Waals surface area contributed by atoms with E-state index in [1.165, 1.54) is 0 Å². The molecule has 1 N–H and O–H groups in total. The van der Waals surface area contributed by atoms with Crippen LogP contribution in [0.1, 0.15) is 53.9 Å². The normalized spacial score (nSPS) is 13.5. The lowest BCUT2D eigenvalue weighted by Gasteiger charge is -2.26. The molecular formula is C14H29NO2. The maximum atomic E-state index is 12.0. The number of rotatable bonds is 7. The molecule has 0 aliphatic rings. The highest BCUT2D eigenvalue weighted by Gasteiger charge is 2.20. The molecule has 0 spiro atoms. The summed E-state index contributed by atoms with van der Waals surface area (Å²) in [5.74, 6) is 0.642. The van der Waals surface area contributed by atoms with Gasteiger partial charge in [-0.15, -0.1) is 0 Å². The van der Waals surface area contributed by atoms with Gasteiger partial charge in [-0.1, -0.05) is 27.7 Å². The van der Waals surface area contributed by atoms with Crippen LogP contribution >= 0.6 is 0 Å². The van der Waals surface area contributed by atoms with Crippen LogP contribution in [-0.4, -0.2) is 35.6 Å². The van der Waals surface area contributed by atoms with Gasteiger partial charge in [0, 0.05) is 26.1 Å². The van der Waals surface area contributed by atoms with Crippen LogP contribution < -0.4 is 0 Å². The molecule has 0 saturated carbocycles. The maximum absolute atomic E-state index is 12.0. The van der Waals surface area contributed by atoms with Crippen molar-refractivity contribution in [2.24, 2.45) is 11.3 Å². The van der Waals surface area contributed by atoms with Crippen LogP contribution in [0.25, 0.3) is 0 Å². The molecule has 0 rings (SSSR count). The third-order valence-corrected chi connectivity index (χ3v) is 2.80. The number of carbonyl (C=O) groups excluding carboxylic acids is 1. The molecule has 0 aromatic rings. The summed E-state index contributed by atoms with van der Waals surface area (Å²) in [5.41, 5.74) is 0.280. The van der Waals surface area contributed by atoms with Crippen LogP contribution in [-0.2, 0) is 4.79 Å². The van der Waals surface area contributed by atoms with E-state index in [0.29, 0.717) is 25.3 Å². The first kappa shape index (κ1) is 16.4. The number of nitrogens with zero attached hydrogens (tertiary/aromatic N) is 1. The van der Waals surface area contributed by atoms with Crippen molar-refractivity contribution in [1.29, 1.82) is 0 Å². The van der Waals surface area contributed by atoms with E-state index in [0.717, 1.165) is 13.0 Å². The average molecular weight is 243 g/mol. The minimum absolute atomic E-state index is 0.154. The van der Waals surface area contributed by atoms with Gasteiger partial charge < -0.3 is 10.0 Å². The first-order valence-electron chi connectivity index (χ1n) is 6.68. The summed E-state index contributed by atoms with van der Waals surface area (Å²) < 4.78 is 0. The van der Waals surface area contributed by atoms with Crippen LogP contribution in [0.15, 0.2) is 0 Å². The van der Waals surface area contributed by atoms with Crippen LogP contribution in [0.3, 0.4) is 0 Å². The van der Waals surface area contributed by atoms with E-state index in [1.54, 1.807) is 0 Å². The molecule has 0 aliphatic carbocycles. The Hall–Kier alpha value is -0.570. The highest BCUT2D eigenvalue weighted by atomic mass is 16.3. The molecule has 0 aromatic heterocycles. The summed E-state index contributed by atoms with van der Waals surface area (Å²) in [6.45, 7) is 12.3. The van der Waals surface area contributed by atoms with E-state index in [1.807, 2.05) is 11.8 Å². The fraction of sp³-hybridized carbons (Fsp3) is 0.929. The van der Waals surface area contributed by atoms with Crippen molar-refractivity contribution >= 4 is 5.91 Å². The van der Waals surface area contributed by atoms with Gasteiger partial charge in [0.05, 0.1) is 0 Å². The second kappa shape index (κ2) is 7.70. The van der Waals surface area contributed by atoms with Crippen LogP contribution in [0, 0.1) is 11.3 Å². The van der Waals surface area contributed by atoms with Crippen molar-refractivity contribution in [1.82, 2.24) is 4.90 Å². The van der Waals surface area contributed by atoms with E-state index in [-0.39, 0.29) is 17.9 Å². The summed E-state index contributed by atoms with van der Waals surface area (Å²) in [6.07, 6.45) is 2.36. The molecule has 0 heterocycles. The lowest BCUT2D eigenvalue weighted by Crippen LogP contribution is -2.33. The van der Waals surface area contributed by atoms with E-state index >= 15 is 0 Å². The maximum Gasteiger partial charge on any atom is 0.222 e. The summed E-state index contributed by atoms with van der Waals surface area (Å²) >= 11 is 0. The first-order valence-corrected chi connectivity index (χ1v) is 6.68. The summed E-state index contributed by atoms with van der Waals surface area (Å²) in [4.78, 5) is 13.9. The number of aliphatic hydroxyl groups excluding tert-OH is 1. The number of carbonyl (C=O) groups is 1. The largest absolute Gasteiger partial charge is 0.396 e. The van der Waals surface area contributed by atoms with Crippen LogP contribution in [0.5, 0.6) is 0 Å². The number of amides is 1. The topological polar surface area (TPSA) is 40.5 Å². The zero-order valence-corrected chi connectivity index (χ0v) is 12.1. The monoisotopic (exact) mass is 243 g/mol. The first-order chi connectivity index (χ1) is 7.80. The van der Waals surface area contributed by atoms with Crippen molar-refractivity contribution in [2.75, 3.05) is 19.7 Å². The van der Waals surface area contributed by atoms with Crippen LogP contribution in [0.4, 0.5) is 0 Å². The van der Waals surface area contributed by atoms with E-state index in [2.05, 4.69) is 27.7 Å². The fourth-order valence-electron chi connectivity index (χ4n) is 2.27. The third kappa shape index (κ3) is 8.19. The highest BCUT2D eigenvalue weighted by Crippen LogP contribution is 2.26. The van der Waals surface area contributed by atoms with Gasteiger partial charge in [-0.05, 0) is 31.1 Å². The van der Waals surface area contributed by atoms with Gasteiger partial charge in [-0.2, -0.15) is 0 Å². The minimum atomic E-state index is 0.154. The van der Waals surface area contributed by atoms with E-state index < -0.39 is 0 Å². The second-order valence-electron chi connectivity index (χ2n) is 6.12. The molecule has 3 heteroatoms. The molecule has 0 aliphatic heterocycles. The standard InChI is InChI=1S/C14H29NO2/c1-6-15(8-7-9-16)13(17)10-12(2)11-14(3,4)5/h12,16H,6-11H2,1-5H3. The van der Waals surface area contributed by atoms with Crippen molar-refractivity contribution in [3.8, 4) is 0 Å². The zero-order chi connectivity index (χ0) is 13.5. The molecule has 0 fully saturated rings. The van der Waals surface area contributed by atoms with Gasteiger partial charge in [0.25, 0.3) is 0 Å². The van der Waals surface area contributed by atoms with Crippen LogP contribution in [0.2, 0.25) is 0 Å². The third-order valence-electron chi connectivity index (χ3n) is 2.80. The Bertz CT molecular complexity index is 221. The molecule has 0 aromatic carbocycles. The smallest absolute Gasteiger partial charge is 0.222 e. The van der Waals surface area contributed by atoms with E-state index in [9.17, 15) is 4.79 Å². The van der Waals surface area contributed by atoms with Gasteiger partial charge in [-0.25, -0.2) is 0 Å². The molecule has 102 valence electrons. The Labute approximate surface area is 106 Å². The fourth-order valence-corrected chi connectivity index (χ4v) is 2.27. The summed E-state index contributed by atoms with van der Waals surface area (Å²) in [5, 5.41) is 8.79. The molecule has 1 atom stereocenters. The number of hydrogen-bond donors (Lipinski definition) is 1. The predicted molar refractivity (Wildman–Crippen MR) is 71.8 cm³/mol. The Morgan fingerprint density at radius 2 is 1.94 bits per heavy atom. The zero-order valence-electron chi connectivity index (χ0n) is 12.1. The van der Waals surface area contributed by atoms with Gasteiger partial charge in [0.2, 0.25) is 5.91 Å². The summed E-state index contributed by atoms with van der Waals surface area (Å²) in [6, 6.07) is 0. The molecule has 1 amide bonds. The Morgan fingerprint density at radius 3 is 2.35 bits per heavy atom. The molecule has 0 radical (unpaired) electrons. The molecule has 1 unspecified atom stereocenters. The Balaban J connectivity index is 4.12. The molecule has 0 bridgehead atoms. The van der Waals surface area contributed by atoms with Crippen molar-refractivity contribution in [3.63, 3.8) is 0 Å². The Kier molecular flexibility index (Phi) is 7.44. The van der Waals surface area contributed by atoms with Gasteiger partial charge in [0.1, 0.15) is 0 Å². The number of aliphatic hydroxyl groups is 1. The quantitative estimate of drug-likeness (QED) is 0.747. The second-order valence-corrected chi connectivity index (χ2v) is 6.12.